The van der Waals surface area contributed by atoms with E-state index in [9.17, 15) is 22.4 Å². The van der Waals surface area contributed by atoms with Crippen LogP contribution in [0.2, 0.25) is 0 Å². The normalized spacial score (nSPS) is 11.0. The molecule has 2 amide bonds. The quantitative estimate of drug-likeness (QED) is 0.146. The topological polar surface area (TPSA) is 155 Å². The van der Waals surface area contributed by atoms with Crippen molar-refractivity contribution in [1.29, 1.82) is 5.41 Å². The van der Waals surface area contributed by atoms with Gasteiger partial charge >= 0.3 is 6.09 Å². The Bertz CT molecular complexity index is 1730. The van der Waals surface area contributed by atoms with Crippen LogP contribution in [0.5, 0.6) is 5.75 Å². The van der Waals surface area contributed by atoms with Crippen molar-refractivity contribution in [2.45, 2.75) is 18.2 Å². The van der Waals surface area contributed by atoms with Crippen LogP contribution < -0.4 is 25.4 Å². The molecule has 5 N–H and O–H groups in total. The van der Waals surface area contributed by atoms with Crippen LogP contribution >= 0.6 is 0 Å². The SMILES string of the molecule is CCCN(CC(=O)Nc1ccc(-c2ccccc2S(N)(=O)=O)cc1)c1cccc(C(=N)NC(=O)Oc2ccc(F)cc2)c1. The van der Waals surface area contributed by atoms with Crippen molar-refractivity contribution >= 4 is 39.2 Å². The number of carbonyl (C=O) groups is 2. The number of amidine groups is 1. The first-order chi connectivity index (χ1) is 20.5. The number of amides is 2. The number of hydrogen-bond donors (Lipinski definition) is 4. The lowest BCUT2D eigenvalue weighted by molar-refractivity contribution is -0.115. The molecule has 0 bridgehead atoms. The zero-order valence-electron chi connectivity index (χ0n) is 23.2. The second-order valence-electron chi connectivity index (χ2n) is 9.48. The first-order valence-corrected chi connectivity index (χ1v) is 14.8. The molecule has 0 saturated carbocycles. The second kappa shape index (κ2) is 13.7. The molecule has 12 heteroatoms. The zero-order valence-corrected chi connectivity index (χ0v) is 24.0. The Balaban J connectivity index is 1.40. The fraction of sp³-hybridized carbons (Fsp3) is 0.129. The van der Waals surface area contributed by atoms with E-state index < -0.39 is 21.9 Å². The lowest BCUT2D eigenvalue weighted by Gasteiger charge is -2.24. The third-order valence-corrected chi connectivity index (χ3v) is 7.22. The van der Waals surface area contributed by atoms with Gasteiger partial charge in [0.15, 0.2) is 0 Å². The summed E-state index contributed by atoms with van der Waals surface area (Å²) in [4.78, 5) is 27.1. The summed E-state index contributed by atoms with van der Waals surface area (Å²) in [5.74, 6) is -0.834. The van der Waals surface area contributed by atoms with Crippen LogP contribution in [0, 0.1) is 11.2 Å². The number of sulfonamides is 1. The minimum Gasteiger partial charge on any atom is -0.410 e. The van der Waals surface area contributed by atoms with Crippen molar-refractivity contribution in [2.24, 2.45) is 5.14 Å². The molecular weight excluding hydrogens is 573 g/mol. The van der Waals surface area contributed by atoms with Gasteiger partial charge in [0.05, 0.1) is 11.4 Å². The van der Waals surface area contributed by atoms with E-state index in [-0.39, 0.29) is 28.9 Å². The summed E-state index contributed by atoms with van der Waals surface area (Å²) in [7, 11) is -3.91. The molecule has 4 aromatic rings. The van der Waals surface area contributed by atoms with E-state index in [1.807, 2.05) is 11.8 Å². The van der Waals surface area contributed by atoms with E-state index >= 15 is 0 Å². The number of anilines is 2. The van der Waals surface area contributed by atoms with Crippen LogP contribution in [0.1, 0.15) is 18.9 Å². The highest BCUT2D eigenvalue weighted by molar-refractivity contribution is 7.89. The molecule has 4 rings (SSSR count). The highest BCUT2D eigenvalue weighted by Crippen LogP contribution is 2.27. The number of rotatable bonds is 10. The Kier molecular flexibility index (Phi) is 9.86. The average Bonchev–Trinajstić information content (AvgIpc) is 2.98. The number of benzene rings is 4. The second-order valence-corrected chi connectivity index (χ2v) is 11.0. The first-order valence-electron chi connectivity index (χ1n) is 13.2. The zero-order chi connectivity index (χ0) is 31.0. The molecule has 10 nitrogen and oxygen atoms in total. The van der Waals surface area contributed by atoms with Gasteiger partial charge in [-0.1, -0.05) is 49.4 Å². The maximum atomic E-state index is 13.1. The molecule has 4 aromatic carbocycles. The van der Waals surface area contributed by atoms with Crippen molar-refractivity contribution in [3.8, 4) is 16.9 Å². The summed E-state index contributed by atoms with van der Waals surface area (Å²) in [6.07, 6.45) is -0.152. The van der Waals surface area contributed by atoms with Gasteiger partial charge in [-0.25, -0.2) is 22.7 Å². The predicted molar refractivity (Wildman–Crippen MR) is 163 cm³/mol. The molecule has 0 heterocycles. The van der Waals surface area contributed by atoms with Crippen LogP contribution in [-0.2, 0) is 14.8 Å². The van der Waals surface area contributed by atoms with Crippen molar-refractivity contribution < 1.29 is 27.1 Å². The fourth-order valence-electron chi connectivity index (χ4n) is 4.30. The molecule has 0 aromatic heterocycles. The predicted octanol–water partition coefficient (Wildman–Crippen LogP) is 5.11. The van der Waals surface area contributed by atoms with E-state index in [1.54, 1.807) is 66.7 Å². The molecule has 0 fully saturated rings. The van der Waals surface area contributed by atoms with Gasteiger partial charge in [-0.05, 0) is 66.6 Å². The average molecular weight is 604 g/mol. The number of hydrogen-bond acceptors (Lipinski definition) is 7. The smallest absolute Gasteiger partial charge is 0.410 e. The number of carbonyl (C=O) groups excluding carboxylic acids is 2. The number of halogens is 1. The summed E-state index contributed by atoms with van der Waals surface area (Å²) in [5, 5.41) is 18.9. The molecule has 0 unspecified atom stereocenters. The summed E-state index contributed by atoms with van der Waals surface area (Å²) in [6.45, 7) is 2.54. The number of ether oxygens (including phenoxy) is 1. The number of nitrogens with two attached hydrogens (primary N) is 1. The Morgan fingerprint density at radius 3 is 2.33 bits per heavy atom. The molecule has 43 heavy (non-hydrogen) atoms. The molecule has 0 aliphatic heterocycles. The van der Waals surface area contributed by atoms with Gasteiger partial charge in [0.25, 0.3) is 0 Å². The van der Waals surface area contributed by atoms with Gasteiger partial charge in [-0.15, -0.1) is 0 Å². The number of primary sulfonamides is 1. The van der Waals surface area contributed by atoms with Crippen LogP contribution in [0.15, 0.2) is 102 Å². The molecule has 0 aliphatic rings. The molecule has 0 atom stereocenters. The van der Waals surface area contributed by atoms with Crippen LogP contribution in [0.3, 0.4) is 0 Å². The minimum atomic E-state index is -3.91. The third kappa shape index (κ3) is 8.47. The van der Waals surface area contributed by atoms with Crippen molar-refractivity contribution in [3.05, 3.63) is 108 Å². The lowest BCUT2D eigenvalue weighted by atomic mass is 10.1. The molecule has 222 valence electrons. The monoisotopic (exact) mass is 603 g/mol. The lowest BCUT2D eigenvalue weighted by Crippen LogP contribution is -2.35. The third-order valence-electron chi connectivity index (χ3n) is 6.25. The van der Waals surface area contributed by atoms with Crippen LogP contribution in [0.25, 0.3) is 11.1 Å². The van der Waals surface area contributed by atoms with Gasteiger partial charge in [0, 0.05) is 29.0 Å². The van der Waals surface area contributed by atoms with Crippen molar-refractivity contribution in [1.82, 2.24) is 5.32 Å². The molecular formula is C31H30FN5O5S. The Hall–Kier alpha value is -5.07. The van der Waals surface area contributed by atoms with Crippen molar-refractivity contribution in [2.75, 3.05) is 23.3 Å². The Morgan fingerprint density at radius 1 is 0.953 bits per heavy atom. The highest BCUT2D eigenvalue weighted by Gasteiger charge is 2.16. The van der Waals surface area contributed by atoms with Gasteiger partial charge in [0.1, 0.15) is 17.4 Å². The maximum Gasteiger partial charge on any atom is 0.418 e. The maximum absolute atomic E-state index is 13.1. The number of nitrogens with one attached hydrogen (secondary N) is 3. The largest absolute Gasteiger partial charge is 0.418 e. The molecule has 0 saturated heterocycles. The highest BCUT2D eigenvalue weighted by atomic mass is 32.2. The van der Waals surface area contributed by atoms with Crippen LogP contribution in [0.4, 0.5) is 20.6 Å². The molecule has 0 aliphatic carbocycles. The summed E-state index contributed by atoms with van der Waals surface area (Å²) in [6, 6.07) is 24.9. The van der Waals surface area contributed by atoms with Gasteiger partial charge in [-0.3, -0.25) is 15.5 Å². The van der Waals surface area contributed by atoms with E-state index in [1.165, 1.54) is 18.2 Å². The van der Waals surface area contributed by atoms with Crippen molar-refractivity contribution in [3.63, 3.8) is 0 Å². The molecule has 0 spiro atoms. The van der Waals surface area contributed by atoms with Gasteiger partial charge < -0.3 is 15.0 Å². The Labute approximate surface area is 248 Å². The Morgan fingerprint density at radius 2 is 1.65 bits per heavy atom. The fourth-order valence-corrected chi connectivity index (χ4v) is 5.06. The summed E-state index contributed by atoms with van der Waals surface area (Å²) in [5.41, 5.74) is 2.68. The van der Waals surface area contributed by atoms with Gasteiger partial charge in [0.2, 0.25) is 15.9 Å². The van der Waals surface area contributed by atoms with Crippen LogP contribution in [-0.4, -0.2) is 39.3 Å². The standard InChI is InChI=1S/C31H30FN5O5S/c1-2-18-37(25-7-5-6-22(19-25)30(33)36-31(39)42-26-16-12-23(32)13-17-26)20-29(38)35-24-14-10-21(11-15-24)27-8-3-4-9-28(27)43(34,40)41/h3-17,19H,2,18,20H2,1H3,(H,35,38)(H2,33,36,39)(H2,34,40,41). The summed E-state index contributed by atoms with van der Waals surface area (Å²) < 4.78 is 42.1. The van der Waals surface area contributed by atoms with E-state index in [0.717, 1.165) is 18.6 Å². The first kappa shape index (κ1) is 30.9. The summed E-state index contributed by atoms with van der Waals surface area (Å²) >= 11 is 0. The van der Waals surface area contributed by atoms with E-state index in [0.29, 0.717) is 34.6 Å². The van der Waals surface area contributed by atoms with E-state index in [2.05, 4.69) is 10.6 Å². The minimum absolute atomic E-state index is 0.0114. The van der Waals surface area contributed by atoms with E-state index in [4.69, 9.17) is 15.3 Å². The molecule has 0 radical (unpaired) electrons. The number of nitrogens with zero attached hydrogens (tertiary/aromatic N) is 1. The van der Waals surface area contributed by atoms with Gasteiger partial charge in [-0.2, -0.15) is 0 Å².